The van der Waals surface area contributed by atoms with Crippen molar-refractivity contribution in [2.45, 2.75) is 57.8 Å². The molecule has 164 valence electrons. The topological polar surface area (TPSA) is 64.6 Å². The van der Waals surface area contributed by atoms with Crippen molar-refractivity contribution < 1.29 is 17.9 Å². The van der Waals surface area contributed by atoms with E-state index in [0.717, 1.165) is 52.0 Å². The zero-order chi connectivity index (χ0) is 22.1. The third kappa shape index (κ3) is 4.01. The van der Waals surface area contributed by atoms with Crippen molar-refractivity contribution in [2.75, 3.05) is 26.9 Å². The summed E-state index contributed by atoms with van der Waals surface area (Å²) in [5, 5.41) is 0. The summed E-state index contributed by atoms with van der Waals surface area (Å²) in [6, 6.07) is 7.88. The van der Waals surface area contributed by atoms with Crippen LogP contribution in [0.2, 0.25) is 0 Å². The molecule has 0 amide bonds. The highest BCUT2D eigenvalue weighted by Crippen LogP contribution is 2.40. The molecule has 0 unspecified atom stereocenters. The van der Waals surface area contributed by atoms with Gasteiger partial charge in [-0.25, -0.2) is 13.1 Å². The summed E-state index contributed by atoms with van der Waals surface area (Å²) in [7, 11) is -2.03. The van der Waals surface area contributed by atoms with Gasteiger partial charge in [-0.2, -0.15) is 0 Å². The number of para-hydroxylation sites is 1. The molecule has 2 aromatic rings. The van der Waals surface area contributed by atoms with Crippen LogP contribution < -0.4 is 9.46 Å². The van der Waals surface area contributed by atoms with Gasteiger partial charge in [-0.1, -0.05) is 18.2 Å². The summed E-state index contributed by atoms with van der Waals surface area (Å²) in [6.07, 6.45) is 1.47. The summed E-state index contributed by atoms with van der Waals surface area (Å²) in [4.78, 5) is 0.408. The molecule has 2 aromatic carbocycles. The van der Waals surface area contributed by atoms with Crippen LogP contribution in [0.3, 0.4) is 0 Å². The van der Waals surface area contributed by atoms with Crippen LogP contribution in [0.1, 0.15) is 46.2 Å². The van der Waals surface area contributed by atoms with Crippen molar-refractivity contribution in [3.63, 3.8) is 0 Å². The Bertz CT molecular complexity index is 1010. The van der Waals surface area contributed by atoms with Gasteiger partial charge in [-0.3, -0.25) is 0 Å². The molecular weight excluding hydrogens is 398 g/mol. The van der Waals surface area contributed by atoms with Crippen LogP contribution in [0.25, 0.3) is 0 Å². The van der Waals surface area contributed by atoms with E-state index < -0.39 is 10.0 Å². The number of benzene rings is 2. The minimum atomic E-state index is -3.68. The Hall–Kier alpha value is -1.89. The molecule has 0 saturated carbocycles. The van der Waals surface area contributed by atoms with Gasteiger partial charge in [0.25, 0.3) is 0 Å². The molecule has 0 radical (unpaired) electrons. The van der Waals surface area contributed by atoms with Gasteiger partial charge >= 0.3 is 0 Å². The first-order valence-electron chi connectivity index (χ1n) is 10.4. The largest absolute Gasteiger partial charge is 0.496 e. The van der Waals surface area contributed by atoms with Gasteiger partial charge < -0.3 is 9.47 Å². The van der Waals surface area contributed by atoms with E-state index in [0.29, 0.717) is 24.7 Å². The van der Waals surface area contributed by atoms with E-state index in [4.69, 9.17) is 9.47 Å². The van der Waals surface area contributed by atoms with E-state index >= 15 is 0 Å². The Morgan fingerprint density at radius 1 is 0.933 bits per heavy atom. The van der Waals surface area contributed by atoms with Crippen molar-refractivity contribution >= 4 is 10.0 Å². The number of rotatable bonds is 6. The minimum absolute atomic E-state index is 0.309. The fourth-order valence-electron chi connectivity index (χ4n) is 4.56. The molecule has 0 spiro atoms. The molecule has 0 atom stereocenters. The van der Waals surface area contributed by atoms with Crippen LogP contribution in [0.5, 0.6) is 5.75 Å². The average Bonchev–Trinajstić information content (AvgIpc) is 2.75. The Kier molecular flexibility index (Phi) is 6.60. The number of nitrogens with one attached hydrogen (secondary N) is 1. The van der Waals surface area contributed by atoms with Gasteiger partial charge in [0, 0.05) is 30.7 Å². The van der Waals surface area contributed by atoms with Crippen LogP contribution in [-0.2, 0) is 20.2 Å². The van der Waals surface area contributed by atoms with E-state index in [1.165, 1.54) is 0 Å². The molecule has 30 heavy (non-hydrogen) atoms. The smallest absolute Gasteiger partial charge is 0.241 e. The summed E-state index contributed by atoms with van der Waals surface area (Å²) < 4.78 is 41.1. The Labute approximate surface area is 180 Å². The highest BCUT2D eigenvalue weighted by molar-refractivity contribution is 7.89. The number of ether oxygens (including phenoxy) is 2. The van der Waals surface area contributed by atoms with E-state index in [1.807, 2.05) is 58.9 Å². The van der Waals surface area contributed by atoms with Crippen LogP contribution in [-0.4, -0.2) is 35.3 Å². The van der Waals surface area contributed by atoms with Crippen molar-refractivity contribution in [3.8, 4) is 5.75 Å². The summed E-state index contributed by atoms with van der Waals surface area (Å²) in [6.45, 7) is 11.3. The summed E-state index contributed by atoms with van der Waals surface area (Å²) >= 11 is 0. The molecule has 1 fully saturated rings. The van der Waals surface area contributed by atoms with Crippen molar-refractivity contribution in [1.82, 2.24) is 4.72 Å². The number of sulfonamides is 1. The summed E-state index contributed by atoms with van der Waals surface area (Å²) in [5.74, 6) is 0.785. The SMILES string of the molecule is COc1ccccc1C1(CNS(=O)(=O)c2c(C)c(C)c(C)c(C)c2C)CCOCC1. The third-order valence-corrected chi connectivity index (χ3v) is 8.60. The quantitative estimate of drug-likeness (QED) is 0.742. The normalized spacial score (nSPS) is 16.5. The molecule has 5 nitrogen and oxygen atoms in total. The second kappa shape index (κ2) is 8.69. The molecule has 0 bridgehead atoms. The van der Waals surface area contributed by atoms with Gasteiger partial charge in [-0.05, 0) is 81.3 Å². The molecule has 6 heteroatoms. The van der Waals surface area contributed by atoms with Crippen LogP contribution in [0, 0.1) is 34.6 Å². The van der Waals surface area contributed by atoms with E-state index in [2.05, 4.69) is 4.72 Å². The molecule has 0 aliphatic carbocycles. The minimum Gasteiger partial charge on any atom is -0.496 e. The Morgan fingerprint density at radius 3 is 2.03 bits per heavy atom. The average molecular weight is 432 g/mol. The summed E-state index contributed by atoms with van der Waals surface area (Å²) in [5.41, 5.74) is 5.52. The highest BCUT2D eigenvalue weighted by atomic mass is 32.2. The standard InChI is InChI=1S/C24H33NO4S/c1-16-17(2)19(4)23(20(5)18(16)3)30(26,27)25-15-24(11-13-29-14-12-24)21-9-7-8-10-22(21)28-6/h7-10,25H,11-15H2,1-6H3. The molecular formula is C24H33NO4S. The van der Waals surface area contributed by atoms with Crippen LogP contribution in [0.15, 0.2) is 29.2 Å². The lowest BCUT2D eigenvalue weighted by Gasteiger charge is -2.38. The highest BCUT2D eigenvalue weighted by Gasteiger charge is 2.38. The van der Waals surface area contributed by atoms with E-state index in [-0.39, 0.29) is 5.41 Å². The van der Waals surface area contributed by atoms with Gasteiger partial charge in [0.05, 0.1) is 12.0 Å². The number of hydrogen-bond acceptors (Lipinski definition) is 4. The zero-order valence-electron chi connectivity index (χ0n) is 18.9. The monoisotopic (exact) mass is 431 g/mol. The van der Waals surface area contributed by atoms with Crippen molar-refractivity contribution in [3.05, 3.63) is 57.6 Å². The first-order valence-corrected chi connectivity index (χ1v) is 11.9. The lowest BCUT2D eigenvalue weighted by atomic mass is 9.74. The first-order chi connectivity index (χ1) is 14.1. The van der Waals surface area contributed by atoms with E-state index in [1.54, 1.807) is 7.11 Å². The fourth-order valence-corrected chi connectivity index (χ4v) is 6.28. The maximum atomic E-state index is 13.5. The second-order valence-corrected chi connectivity index (χ2v) is 10.1. The molecule has 3 rings (SSSR count). The fraction of sp³-hybridized carbons (Fsp3) is 0.500. The van der Waals surface area contributed by atoms with E-state index in [9.17, 15) is 8.42 Å². The van der Waals surface area contributed by atoms with Gasteiger partial charge in [-0.15, -0.1) is 0 Å². The number of hydrogen-bond donors (Lipinski definition) is 1. The van der Waals surface area contributed by atoms with Gasteiger partial charge in [0.15, 0.2) is 0 Å². The molecule has 1 heterocycles. The Morgan fingerprint density at radius 2 is 1.47 bits per heavy atom. The third-order valence-electron chi connectivity index (χ3n) is 6.93. The second-order valence-electron chi connectivity index (χ2n) is 8.37. The molecule has 0 aromatic heterocycles. The zero-order valence-corrected chi connectivity index (χ0v) is 19.7. The van der Waals surface area contributed by atoms with Crippen LogP contribution in [0.4, 0.5) is 0 Å². The lowest BCUT2D eigenvalue weighted by molar-refractivity contribution is 0.0509. The van der Waals surface area contributed by atoms with Crippen molar-refractivity contribution in [2.24, 2.45) is 0 Å². The molecule has 1 aliphatic rings. The van der Waals surface area contributed by atoms with Gasteiger partial charge in [0.1, 0.15) is 5.75 Å². The predicted molar refractivity (Wildman–Crippen MR) is 120 cm³/mol. The van der Waals surface area contributed by atoms with Crippen LogP contribution >= 0.6 is 0 Å². The first kappa shape index (κ1) is 22.8. The lowest BCUT2D eigenvalue weighted by Crippen LogP contribution is -2.45. The molecule has 1 saturated heterocycles. The number of methoxy groups -OCH3 is 1. The maximum absolute atomic E-state index is 13.5. The maximum Gasteiger partial charge on any atom is 0.241 e. The van der Waals surface area contributed by atoms with Crippen molar-refractivity contribution in [1.29, 1.82) is 0 Å². The molecule has 1 aliphatic heterocycles. The Balaban J connectivity index is 2.01. The molecule has 1 N–H and O–H groups in total. The van der Waals surface area contributed by atoms with Gasteiger partial charge in [0.2, 0.25) is 10.0 Å². The predicted octanol–water partition coefficient (Wildman–Crippen LogP) is 4.26.